The standard InChI is InChI=1S/C9H15NOS/c1-6-7(2)12-8(10-6)9(3,4)5-11/h11H,5H2,1-4H3. The van der Waals surface area contributed by atoms with Crippen LogP contribution in [0.5, 0.6) is 0 Å². The van der Waals surface area contributed by atoms with Crippen LogP contribution in [0.3, 0.4) is 0 Å². The maximum absolute atomic E-state index is 9.11. The van der Waals surface area contributed by atoms with Gasteiger partial charge in [-0.25, -0.2) is 4.98 Å². The van der Waals surface area contributed by atoms with Gasteiger partial charge in [0.15, 0.2) is 0 Å². The van der Waals surface area contributed by atoms with Gasteiger partial charge in [0.05, 0.1) is 12.3 Å². The highest BCUT2D eigenvalue weighted by molar-refractivity contribution is 7.11. The summed E-state index contributed by atoms with van der Waals surface area (Å²) in [6.07, 6.45) is 0. The number of hydrogen-bond acceptors (Lipinski definition) is 3. The Bertz CT molecular complexity index is 259. The number of hydrogen-bond donors (Lipinski definition) is 1. The second kappa shape index (κ2) is 3.15. The SMILES string of the molecule is Cc1nc(C(C)(C)CO)sc1C. The minimum absolute atomic E-state index is 0.152. The average molecular weight is 185 g/mol. The van der Waals surface area contributed by atoms with Gasteiger partial charge in [0.2, 0.25) is 0 Å². The molecule has 0 aromatic carbocycles. The average Bonchev–Trinajstić information content (AvgIpc) is 2.33. The first-order chi connectivity index (χ1) is 5.47. The molecule has 0 saturated heterocycles. The molecule has 2 nitrogen and oxygen atoms in total. The van der Waals surface area contributed by atoms with Crippen molar-refractivity contribution >= 4 is 11.3 Å². The molecule has 0 spiro atoms. The fraction of sp³-hybridized carbons (Fsp3) is 0.667. The highest BCUT2D eigenvalue weighted by Crippen LogP contribution is 2.28. The number of rotatable bonds is 2. The quantitative estimate of drug-likeness (QED) is 0.764. The monoisotopic (exact) mass is 185 g/mol. The molecule has 0 radical (unpaired) electrons. The predicted octanol–water partition coefficient (Wildman–Crippen LogP) is 2.03. The van der Waals surface area contributed by atoms with Gasteiger partial charge in [-0.3, -0.25) is 0 Å². The van der Waals surface area contributed by atoms with Crippen LogP contribution in [0.2, 0.25) is 0 Å². The Morgan fingerprint density at radius 1 is 1.42 bits per heavy atom. The fourth-order valence-corrected chi connectivity index (χ4v) is 1.84. The van der Waals surface area contributed by atoms with Crippen LogP contribution >= 0.6 is 11.3 Å². The van der Waals surface area contributed by atoms with Crippen molar-refractivity contribution in [1.82, 2.24) is 4.98 Å². The molecule has 0 unspecified atom stereocenters. The lowest BCUT2D eigenvalue weighted by molar-refractivity contribution is 0.218. The molecule has 0 amide bonds. The van der Waals surface area contributed by atoms with Gasteiger partial charge in [0.1, 0.15) is 5.01 Å². The fourth-order valence-electron chi connectivity index (χ4n) is 0.830. The molecule has 0 aliphatic rings. The van der Waals surface area contributed by atoms with Gasteiger partial charge in [-0.15, -0.1) is 11.3 Å². The molecule has 1 aromatic heterocycles. The molecular weight excluding hydrogens is 170 g/mol. The summed E-state index contributed by atoms with van der Waals surface area (Å²) in [7, 11) is 0. The molecule has 1 N–H and O–H groups in total. The summed E-state index contributed by atoms with van der Waals surface area (Å²) >= 11 is 1.67. The lowest BCUT2D eigenvalue weighted by Gasteiger charge is -2.17. The molecule has 0 aliphatic carbocycles. The molecule has 0 aliphatic heterocycles. The van der Waals surface area contributed by atoms with E-state index in [1.165, 1.54) is 4.88 Å². The van der Waals surface area contributed by atoms with Gasteiger partial charge in [-0.05, 0) is 13.8 Å². The van der Waals surface area contributed by atoms with Crippen molar-refractivity contribution in [3.8, 4) is 0 Å². The van der Waals surface area contributed by atoms with E-state index < -0.39 is 0 Å². The van der Waals surface area contributed by atoms with Gasteiger partial charge < -0.3 is 5.11 Å². The number of aliphatic hydroxyl groups excluding tert-OH is 1. The summed E-state index contributed by atoms with van der Waals surface area (Å²) in [4.78, 5) is 5.65. The molecule has 0 atom stereocenters. The number of aromatic nitrogens is 1. The van der Waals surface area contributed by atoms with E-state index in [2.05, 4.69) is 11.9 Å². The van der Waals surface area contributed by atoms with E-state index in [-0.39, 0.29) is 12.0 Å². The Hall–Kier alpha value is -0.410. The lowest BCUT2D eigenvalue weighted by Crippen LogP contribution is -2.21. The highest BCUT2D eigenvalue weighted by atomic mass is 32.1. The lowest BCUT2D eigenvalue weighted by atomic mass is 9.96. The van der Waals surface area contributed by atoms with Crippen LogP contribution in [0.4, 0.5) is 0 Å². The molecule has 3 heteroatoms. The van der Waals surface area contributed by atoms with Crippen molar-refractivity contribution in [3.63, 3.8) is 0 Å². The normalized spacial score (nSPS) is 12.1. The Balaban J connectivity index is 3.04. The highest BCUT2D eigenvalue weighted by Gasteiger charge is 2.23. The van der Waals surface area contributed by atoms with Crippen LogP contribution in [0.1, 0.15) is 29.4 Å². The summed E-state index contributed by atoms with van der Waals surface area (Å²) in [5.74, 6) is 0. The molecular formula is C9H15NOS. The zero-order valence-electron chi connectivity index (χ0n) is 8.01. The third-order valence-corrected chi connectivity index (χ3v) is 3.44. The zero-order valence-corrected chi connectivity index (χ0v) is 8.83. The molecule has 0 saturated carbocycles. The van der Waals surface area contributed by atoms with Crippen molar-refractivity contribution in [2.45, 2.75) is 33.1 Å². The predicted molar refractivity (Wildman–Crippen MR) is 51.7 cm³/mol. The van der Waals surface area contributed by atoms with Crippen molar-refractivity contribution in [1.29, 1.82) is 0 Å². The Morgan fingerprint density at radius 2 is 2.00 bits per heavy atom. The van der Waals surface area contributed by atoms with Crippen molar-refractivity contribution in [3.05, 3.63) is 15.6 Å². The van der Waals surface area contributed by atoms with Crippen LogP contribution in [0.15, 0.2) is 0 Å². The summed E-state index contributed by atoms with van der Waals surface area (Å²) in [6, 6.07) is 0. The molecule has 1 aromatic rings. The molecule has 12 heavy (non-hydrogen) atoms. The van der Waals surface area contributed by atoms with Crippen molar-refractivity contribution in [2.75, 3.05) is 6.61 Å². The first kappa shape index (κ1) is 9.68. The topological polar surface area (TPSA) is 33.1 Å². The first-order valence-electron chi connectivity index (χ1n) is 4.03. The van der Waals surface area contributed by atoms with E-state index in [0.29, 0.717) is 0 Å². The minimum Gasteiger partial charge on any atom is -0.395 e. The van der Waals surface area contributed by atoms with E-state index in [4.69, 9.17) is 5.11 Å². The summed E-state index contributed by atoms with van der Waals surface area (Å²) in [6.45, 7) is 8.22. The van der Waals surface area contributed by atoms with Crippen LogP contribution in [0, 0.1) is 13.8 Å². The first-order valence-corrected chi connectivity index (χ1v) is 4.84. The van der Waals surface area contributed by atoms with E-state index in [1.54, 1.807) is 11.3 Å². The number of aliphatic hydroxyl groups is 1. The van der Waals surface area contributed by atoms with E-state index in [1.807, 2.05) is 20.8 Å². The van der Waals surface area contributed by atoms with Gasteiger partial charge in [0.25, 0.3) is 0 Å². The second-order valence-corrected chi connectivity index (χ2v) is 4.91. The van der Waals surface area contributed by atoms with Gasteiger partial charge >= 0.3 is 0 Å². The summed E-state index contributed by atoms with van der Waals surface area (Å²) in [5, 5.41) is 10.1. The molecule has 1 heterocycles. The van der Waals surface area contributed by atoms with Crippen molar-refractivity contribution < 1.29 is 5.11 Å². The third-order valence-electron chi connectivity index (χ3n) is 2.00. The van der Waals surface area contributed by atoms with Gasteiger partial charge in [-0.1, -0.05) is 13.8 Å². The molecule has 1 rings (SSSR count). The van der Waals surface area contributed by atoms with Crippen LogP contribution in [0.25, 0.3) is 0 Å². The van der Waals surface area contributed by atoms with Gasteiger partial charge in [0, 0.05) is 10.3 Å². The van der Waals surface area contributed by atoms with E-state index in [0.717, 1.165) is 10.7 Å². The molecule has 0 bridgehead atoms. The Kier molecular flexibility index (Phi) is 2.54. The maximum Gasteiger partial charge on any atom is 0.101 e. The Morgan fingerprint density at radius 3 is 2.33 bits per heavy atom. The van der Waals surface area contributed by atoms with Crippen LogP contribution in [-0.2, 0) is 5.41 Å². The van der Waals surface area contributed by atoms with Gasteiger partial charge in [-0.2, -0.15) is 0 Å². The molecule has 0 fully saturated rings. The smallest absolute Gasteiger partial charge is 0.101 e. The van der Waals surface area contributed by atoms with Crippen LogP contribution in [-0.4, -0.2) is 16.7 Å². The minimum atomic E-state index is -0.191. The van der Waals surface area contributed by atoms with E-state index in [9.17, 15) is 0 Å². The number of thiazole rings is 1. The number of nitrogens with zero attached hydrogens (tertiary/aromatic N) is 1. The Labute approximate surface area is 77.3 Å². The second-order valence-electron chi connectivity index (χ2n) is 3.70. The number of aryl methyl sites for hydroxylation is 2. The van der Waals surface area contributed by atoms with E-state index >= 15 is 0 Å². The third kappa shape index (κ3) is 1.67. The summed E-state index contributed by atoms with van der Waals surface area (Å²) < 4.78 is 0. The summed E-state index contributed by atoms with van der Waals surface area (Å²) in [5.41, 5.74) is 0.889. The van der Waals surface area contributed by atoms with Crippen molar-refractivity contribution in [2.24, 2.45) is 0 Å². The maximum atomic E-state index is 9.11. The zero-order chi connectivity index (χ0) is 9.35. The molecule has 68 valence electrons. The largest absolute Gasteiger partial charge is 0.395 e. The van der Waals surface area contributed by atoms with Crippen LogP contribution < -0.4 is 0 Å².